The van der Waals surface area contributed by atoms with Gasteiger partial charge in [0.1, 0.15) is 0 Å². The fourth-order valence-electron chi connectivity index (χ4n) is 0.196. The molecule has 0 heterocycles. The van der Waals surface area contributed by atoms with E-state index in [9.17, 15) is 19.2 Å². The molecular formula is C6H6O6Se. The monoisotopic (exact) mass is 254 g/mol. The fourth-order valence-corrected chi connectivity index (χ4v) is 1.02. The predicted octanol–water partition coefficient (Wildman–Crippen LogP) is -1.22. The van der Waals surface area contributed by atoms with Gasteiger partial charge in [-0.25, -0.2) is 0 Å². The Morgan fingerprint density at radius 3 is 1.38 bits per heavy atom. The molecule has 7 heteroatoms. The van der Waals surface area contributed by atoms with E-state index in [1.807, 2.05) is 0 Å². The first-order valence-corrected chi connectivity index (χ1v) is 4.46. The summed E-state index contributed by atoms with van der Waals surface area (Å²) >= 11 is -1.26. The van der Waals surface area contributed by atoms with Gasteiger partial charge in [0.05, 0.1) is 0 Å². The first-order chi connectivity index (χ1) is 5.95. The van der Waals surface area contributed by atoms with Crippen molar-refractivity contribution in [1.29, 1.82) is 0 Å². The molecule has 6 nitrogen and oxygen atoms in total. The van der Waals surface area contributed by atoms with Gasteiger partial charge in [-0.1, -0.05) is 0 Å². The van der Waals surface area contributed by atoms with Crippen LogP contribution < -0.4 is 0 Å². The molecule has 0 saturated carbocycles. The van der Waals surface area contributed by atoms with Crippen LogP contribution >= 0.6 is 0 Å². The summed E-state index contributed by atoms with van der Waals surface area (Å²) in [5.41, 5.74) is 0. The van der Waals surface area contributed by atoms with Crippen molar-refractivity contribution in [3.8, 4) is 0 Å². The summed E-state index contributed by atoms with van der Waals surface area (Å²) in [5, 5.41) is 0. The fraction of sp³-hybridized carbons (Fsp3) is 0.333. The van der Waals surface area contributed by atoms with Crippen molar-refractivity contribution >= 4 is 39.1 Å². The first-order valence-electron chi connectivity index (χ1n) is 3.06. The van der Waals surface area contributed by atoms with Gasteiger partial charge in [-0.2, -0.15) is 0 Å². The van der Waals surface area contributed by atoms with Crippen LogP contribution in [0.25, 0.3) is 0 Å². The maximum atomic E-state index is 10.5. The molecule has 0 fully saturated rings. The van der Waals surface area contributed by atoms with Crippen molar-refractivity contribution in [1.82, 2.24) is 0 Å². The zero-order valence-electron chi connectivity index (χ0n) is 6.86. The zero-order chi connectivity index (χ0) is 10.4. The quantitative estimate of drug-likeness (QED) is 0.461. The third-order valence-corrected chi connectivity index (χ3v) is 1.72. The van der Waals surface area contributed by atoms with Gasteiger partial charge in [-0.15, -0.1) is 0 Å². The van der Waals surface area contributed by atoms with Crippen LogP contribution in [0.15, 0.2) is 0 Å². The maximum absolute atomic E-state index is 10.5. The van der Waals surface area contributed by atoms with Gasteiger partial charge in [0.15, 0.2) is 0 Å². The van der Waals surface area contributed by atoms with Crippen LogP contribution in [0.1, 0.15) is 13.8 Å². The van der Waals surface area contributed by atoms with E-state index in [0.717, 1.165) is 13.8 Å². The van der Waals surface area contributed by atoms with Crippen molar-refractivity contribution < 1.29 is 26.8 Å². The Bertz CT molecular complexity index is 232. The molecule has 0 aromatic carbocycles. The van der Waals surface area contributed by atoms with E-state index >= 15 is 0 Å². The second kappa shape index (κ2) is 5.45. The van der Waals surface area contributed by atoms with Gasteiger partial charge < -0.3 is 0 Å². The van der Waals surface area contributed by atoms with Crippen LogP contribution in [0.5, 0.6) is 0 Å². The molecule has 0 saturated heterocycles. The summed E-state index contributed by atoms with van der Waals surface area (Å²) in [7, 11) is 0. The molecule has 0 unspecified atom stereocenters. The van der Waals surface area contributed by atoms with E-state index in [2.05, 4.69) is 7.64 Å². The second-order valence-corrected chi connectivity index (χ2v) is 2.91. The van der Waals surface area contributed by atoms with Crippen molar-refractivity contribution in [2.45, 2.75) is 13.8 Å². The number of carbonyl (C=O) groups excluding carboxylic acids is 4. The molecule has 0 aromatic heterocycles. The average Bonchev–Trinajstić information content (AvgIpc) is 2.03. The third-order valence-electron chi connectivity index (χ3n) is 0.794. The van der Waals surface area contributed by atoms with E-state index in [0.29, 0.717) is 0 Å². The molecule has 72 valence electrons. The standard InChI is InChI=1S/C6H6O6Se/c1-3(7)5(9)11-13-12-6(10)4(2)8/h1-2H3. The Balaban J connectivity index is 3.69. The minimum atomic E-state index is -1.26. The Labute approximate surface area is 80.4 Å². The number of carbonyl (C=O) groups is 4. The van der Waals surface area contributed by atoms with Crippen LogP contribution in [-0.2, 0) is 26.8 Å². The Morgan fingerprint density at radius 1 is 0.846 bits per heavy atom. The Morgan fingerprint density at radius 2 is 1.15 bits per heavy atom. The van der Waals surface area contributed by atoms with Gasteiger partial charge in [-0.05, 0) is 0 Å². The first kappa shape index (κ1) is 11.8. The van der Waals surface area contributed by atoms with Crippen LogP contribution in [0.3, 0.4) is 0 Å². The Hall–Kier alpha value is -1.20. The molecule has 0 aliphatic heterocycles. The number of rotatable bonds is 4. The molecule has 0 N–H and O–H groups in total. The zero-order valence-corrected chi connectivity index (χ0v) is 8.57. The molecule has 0 rings (SSSR count). The van der Waals surface area contributed by atoms with Crippen molar-refractivity contribution in [3.63, 3.8) is 0 Å². The number of hydrogen-bond acceptors (Lipinski definition) is 6. The SMILES string of the molecule is CC(=O)C(=O)O[Se]OC(=O)C(C)=O. The summed E-state index contributed by atoms with van der Waals surface area (Å²) in [5.74, 6) is -3.76. The van der Waals surface area contributed by atoms with Crippen molar-refractivity contribution in [3.05, 3.63) is 0 Å². The van der Waals surface area contributed by atoms with E-state index in [1.54, 1.807) is 0 Å². The number of hydrogen-bond donors (Lipinski definition) is 0. The van der Waals surface area contributed by atoms with Crippen LogP contribution in [0.4, 0.5) is 0 Å². The third kappa shape index (κ3) is 5.10. The van der Waals surface area contributed by atoms with Crippen LogP contribution in [-0.4, -0.2) is 39.1 Å². The van der Waals surface area contributed by atoms with Gasteiger partial charge in [0, 0.05) is 0 Å². The molecule has 0 radical (unpaired) electrons. The van der Waals surface area contributed by atoms with E-state index < -0.39 is 39.1 Å². The molecule has 0 spiro atoms. The van der Waals surface area contributed by atoms with Crippen LogP contribution in [0, 0.1) is 0 Å². The topological polar surface area (TPSA) is 86.7 Å². The molecule has 0 atom stereocenters. The summed E-state index contributed by atoms with van der Waals surface area (Å²) in [6.45, 7) is 2.04. The molecule has 0 aromatic rings. The predicted molar refractivity (Wildman–Crippen MR) is 39.3 cm³/mol. The normalized spacial score (nSPS) is 8.77. The summed E-state index contributed by atoms with van der Waals surface area (Å²) in [4.78, 5) is 41.5. The minimum absolute atomic E-state index is 0.791. The molecular weight excluding hydrogens is 247 g/mol. The molecule has 0 amide bonds. The van der Waals surface area contributed by atoms with E-state index in [1.165, 1.54) is 0 Å². The second-order valence-electron chi connectivity index (χ2n) is 1.92. The van der Waals surface area contributed by atoms with Gasteiger partial charge in [0.2, 0.25) is 0 Å². The van der Waals surface area contributed by atoms with Gasteiger partial charge in [0.25, 0.3) is 0 Å². The van der Waals surface area contributed by atoms with E-state index in [4.69, 9.17) is 0 Å². The van der Waals surface area contributed by atoms with Crippen molar-refractivity contribution in [2.24, 2.45) is 0 Å². The van der Waals surface area contributed by atoms with Crippen LogP contribution in [0.2, 0.25) is 0 Å². The molecule has 0 bridgehead atoms. The average molecular weight is 253 g/mol. The van der Waals surface area contributed by atoms with E-state index in [-0.39, 0.29) is 0 Å². The summed E-state index contributed by atoms with van der Waals surface area (Å²) in [6, 6.07) is 0. The number of ketones is 2. The molecule has 0 aliphatic rings. The molecule has 0 aliphatic carbocycles. The molecule has 13 heavy (non-hydrogen) atoms. The van der Waals surface area contributed by atoms with Gasteiger partial charge >= 0.3 is 79.8 Å². The summed E-state index contributed by atoms with van der Waals surface area (Å²) < 4.78 is 8.41. The Kier molecular flexibility index (Phi) is 4.94. The van der Waals surface area contributed by atoms with Gasteiger partial charge in [-0.3, -0.25) is 0 Å². The van der Waals surface area contributed by atoms with Crippen molar-refractivity contribution in [2.75, 3.05) is 0 Å². The summed E-state index contributed by atoms with van der Waals surface area (Å²) in [6.07, 6.45) is 0. The number of Topliss-reactive ketones (excluding diaryl/α,β-unsaturated/α-hetero) is 2.